The van der Waals surface area contributed by atoms with Crippen molar-refractivity contribution in [3.63, 3.8) is 0 Å². The van der Waals surface area contributed by atoms with Crippen LogP contribution in [0.1, 0.15) is 81.8 Å². The number of hydrogen-bond acceptors (Lipinski definition) is 33. The highest BCUT2D eigenvalue weighted by Crippen LogP contribution is 2.15. The summed E-state index contributed by atoms with van der Waals surface area (Å²) in [6.45, 7) is 21.1. The van der Waals surface area contributed by atoms with Gasteiger partial charge >= 0.3 is 17.9 Å². The first-order chi connectivity index (χ1) is 58.3. The van der Waals surface area contributed by atoms with Crippen LogP contribution in [0.3, 0.4) is 0 Å². The number of allylic oxidation sites excluding steroid dienone is 2. The third-order valence-electron chi connectivity index (χ3n) is 16.1. The maximum atomic E-state index is 13.2. The van der Waals surface area contributed by atoms with Crippen LogP contribution in [0.25, 0.3) is 0 Å². The summed E-state index contributed by atoms with van der Waals surface area (Å²) in [5.41, 5.74) is 1.82. The molecule has 1 heterocycles. The number of carbonyl (C=O) groups is 6. The molecule has 1 atom stereocenters. The normalized spacial score (nSPS) is 12.6. The van der Waals surface area contributed by atoms with E-state index in [1.165, 1.54) is 0 Å². The van der Waals surface area contributed by atoms with Crippen molar-refractivity contribution in [3.8, 4) is 0 Å². The van der Waals surface area contributed by atoms with Gasteiger partial charge in [0.25, 0.3) is 11.8 Å². The van der Waals surface area contributed by atoms with E-state index in [4.69, 9.17) is 128 Å². The Kier molecular flexibility index (Phi) is 76.5. The van der Waals surface area contributed by atoms with Crippen molar-refractivity contribution in [2.24, 2.45) is 5.92 Å². The zero-order chi connectivity index (χ0) is 83.9. The van der Waals surface area contributed by atoms with Gasteiger partial charge in [0, 0.05) is 25.8 Å². The highest BCUT2D eigenvalue weighted by Gasteiger charge is 2.33. The maximum Gasteiger partial charge on any atom is 0.335 e. The third-order valence-corrected chi connectivity index (χ3v) is 16.1. The number of amides is 3. The topological polar surface area (TPSA) is 367 Å². The molecule has 0 saturated carbocycles. The minimum Gasteiger partial charge on any atom is -0.461 e. The van der Waals surface area contributed by atoms with Crippen LogP contribution < -0.4 is 5.32 Å². The fourth-order valence-corrected chi connectivity index (χ4v) is 9.85. The number of nitrogens with one attached hydrogen (secondary N) is 1. The summed E-state index contributed by atoms with van der Waals surface area (Å²) in [5, 5.41) is 3.33. The second-order valence-corrected chi connectivity index (χ2v) is 25.6. The van der Waals surface area contributed by atoms with Crippen molar-refractivity contribution in [3.05, 3.63) is 83.9 Å². The summed E-state index contributed by atoms with van der Waals surface area (Å²) < 4.78 is 143. The smallest absolute Gasteiger partial charge is 0.335 e. The molecule has 0 unspecified atom stereocenters. The van der Waals surface area contributed by atoms with Gasteiger partial charge in [-0.05, 0) is 36.8 Å². The van der Waals surface area contributed by atoms with Crippen LogP contribution in [0.2, 0.25) is 0 Å². The standard InChI is InChI=1S/C83H138N2O33/c86-78-21-22-79(87)85(78)118-81(89)23-25-92-27-29-94-31-33-96-35-37-98-39-41-100-43-45-102-47-49-104-51-53-106-55-57-108-59-61-110-63-65-112-67-69-114-71-72-115-70-68-113-66-64-111-62-60-109-58-56-107-54-52-105-50-48-103-46-44-101-42-40-99-38-36-97-34-32-95-30-28-93-26-24-84-82(90)77(83(91)117-74-76-17-11-8-12-18-76)19-13-5-3-1-2-4-6-14-20-80(88)116-73-75-15-9-7-10-16-75/h5,7-13,15-18,77H,1-4,6,14,19-74H2,(H,84,90)/b13-5+/t77-/m1/s1. The summed E-state index contributed by atoms with van der Waals surface area (Å²) in [4.78, 5) is 77.7. The number of imide groups is 1. The van der Waals surface area contributed by atoms with E-state index in [0.29, 0.717) is 315 Å². The van der Waals surface area contributed by atoms with E-state index in [9.17, 15) is 28.8 Å². The molecule has 1 fully saturated rings. The molecule has 3 rings (SSSR count). The molecule has 2 aromatic rings. The minimum absolute atomic E-state index is 0.0489. The van der Waals surface area contributed by atoms with Gasteiger partial charge in [-0.15, -0.1) is 5.06 Å². The van der Waals surface area contributed by atoms with Crippen LogP contribution in [0.15, 0.2) is 72.8 Å². The van der Waals surface area contributed by atoms with Crippen LogP contribution in [0.5, 0.6) is 0 Å². The fourth-order valence-electron chi connectivity index (χ4n) is 9.85. The van der Waals surface area contributed by atoms with Crippen molar-refractivity contribution < 1.29 is 157 Å². The summed E-state index contributed by atoms with van der Waals surface area (Å²) in [7, 11) is 0. The van der Waals surface area contributed by atoms with E-state index < -0.39 is 35.6 Å². The Morgan fingerprint density at radius 2 is 0.559 bits per heavy atom. The predicted molar refractivity (Wildman–Crippen MR) is 427 cm³/mol. The van der Waals surface area contributed by atoms with E-state index in [1.54, 1.807) is 0 Å². The fraction of sp³-hybridized carbons (Fsp3) is 0.759. The SMILES string of the molecule is O=C(CCCCCCC/C=C/C[C@H](C(=O)NCCOCCOCCOCCOCCOCCOCCOCCOCCOCCOCCOCCOCCOCCOCCOCCOCCOCCOCCOCCOCCOCCOCCOCCOCCC(=O)ON1C(=O)CCC1=O)C(=O)OCc1ccccc1)OCc1ccccc1. The molecular formula is C83H138N2O33. The van der Waals surface area contributed by atoms with E-state index in [-0.39, 0.29) is 64.6 Å². The third kappa shape index (κ3) is 70.9. The molecule has 35 heteroatoms. The van der Waals surface area contributed by atoms with Gasteiger partial charge in [0.15, 0.2) is 0 Å². The van der Waals surface area contributed by atoms with Gasteiger partial charge in [-0.2, -0.15) is 0 Å². The van der Waals surface area contributed by atoms with Crippen molar-refractivity contribution in [2.45, 2.75) is 83.8 Å². The molecule has 1 N–H and O–H groups in total. The largest absolute Gasteiger partial charge is 0.461 e. The number of hydrogen-bond donors (Lipinski definition) is 1. The van der Waals surface area contributed by atoms with Crippen molar-refractivity contribution in [1.29, 1.82) is 0 Å². The van der Waals surface area contributed by atoms with Gasteiger partial charge in [0.2, 0.25) is 5.91 Å². The lowest BCUT2D eigenvalue weighted by molar-refractivity contribution is -0.198. The number of nitrogens with zero attached hydrogens (tertiary/aromatic N) is 1. The van der Waals surface area contributed by atoms with Crippen molar-refractivity contribution in [2.75, 3.05) is 324 Å². The Bertz CT molecular complexity index is 2610. The molecule has 1 saturated heterocycles. The highest BCUT2D eigenvalue weighted by molar-refractivity contribution is 6.01. The molecular weight excluding hydrogens is 1550 g/mol. The van der Waals surface area contributed by atoms with Crippen LogP contribution >= 0.6 is 0 Å². The average Bonchev–Trinajstić information content (AvgIpc) is 1.70. The van der Waals surface area contributed by atoms with Crippen molar-refractivity contribution >= 4 is 35.6 Å². The molecule has 1 aliphatic rings. The zero-order valence-corrected chi connectivity index (χ0v) is 69.8. The number of carbonyl (C=O) groups excluding carboxylic acids is 6. The molecule has 678 valence electrons. The lowest BCUT2D eigenvalue weighted by Gasteiger charge is -2.15. The van der Waals surface area contributed by atoms with Gasteiger partial charge in [-0.3, -0.25) is 24.0 Å². The molecule has 35 nitrogen and oxygen atoms in total. The maximum absolute atomic E-state index is 13.2. The van der Waals surface area contributed by atoms with E-state index in [2.05, 4.69) is 5.32 Å². The quantitative estimate of drug-likeness (QED) is 0.0289. The summed E-state index contributed by atoms with van der Waals surface area (Å²) >= 11 is 0. The number of rotatable bonds is 92. The molecule has 0 bridgehead atoms. The molecule has 0 radical (unpaired) electrons. The summed E-state index contributed by atoms with van der Waals surface area (Å²) in [6.07, 6.45) is 10.1. The average molecular weight is 1690 g/mol. The monoisotopic (exact) mass is 1690 g/mol. The number of ether oxygens (including phenoxy) is 26. The number of benzene rings is 2. The second-order valence-electron chi connectivity index (χ2n) is 25.6. The number of unbranched alkanes of at least 4 members (excludes halogenated alkanes) is 5. The van der Waals surface area contributed by atoms with E-state index in [1.807, 2.05) is 72.8 Å². The van der Waals surface area contributed by atoms with Gasteiger partial charge < -0.3 is 133 Å². The highest BCUT2D eigenvalue weighted by atomic mass is 16.7. The summed E-state index contributed by atoms with van der Waals surface area (Å²) in [5.74, 6) is -3.90. The van der Waals surface area contributed by atoms with Gasteiger partial charge in [-0.1, -0.05) is 92.1 Å². The van der Waals surface area contributed by atoms with Crippen LogP contribution in [0.4, 0.5) is 0 Å². The van der Waals surface area contributed by atoms with Gasteiger partial charge in [0.05, 0.1) is 324 Å². The van der Waals surface area contributed by atoms with Crippen LogP contribution in [0, 0.1) is 5.92 Å². The number of hydroxylamine groups is 2. The first-order valence-electron chi connectivity index (χ1n) is 41.6. The molecule has 3 amide bonds. The van der Waals surface area contributed by atoms with Crippen molar-refractivity contribution in [1.82, 2.24) is 10.4 Å². The Morgan fingerprint density at radius 3 is 0.864 bits per heavy atom. The Hall–Kier alpha value is -5.76. The zero-order valence-electron chi connectivity index (χ0n) is 69.8. The lowest BCUT2D eigenvalue weighted by atomic mass is 10.0. The molecule has 118 heavy (non-hydrogen) atoms. The first-order valence-corrected chi connectivity index (χ1v) is 41.6. The van der Waals surface area contributed by atoms with Crippen LogP contribution in [-0.4, -0.2) is 364 Å². The first kappa shape index (κ1) is 106. The Balaban J connectivity index is 0.893. The molecule has 0 aliphatic carbocycles. The van der Waals surface area contributed by atoms with Crippen LogP contribution in [-0.2, 0) is 170 Å². The lowest BCUT2D eigenvalue weighted by Crippen LogP contribution is -2.37. The minimum atomic E-state index is -0.987. The van der Waals surface area contributed by atoms with E-state index >= 15 is 0 Å². The Morgan fingerprint density at radius 1 is 0.297 bits per heavy atom. The second kappa shape index (κ2) is 84.8. The Labute approximate surface area is 697 Å². The van der Waals surface area contributed by atoms with Gasteiger partial charge in [0.1, 0.15) is 19.1 Å². The predicted octanol–water partition coefficient (Wildman–Crippen LogP) is 5.28. The van der Waals surface area contributed by atoms with E-state index in [0.717, 1.165) is 49.7 Å². The molecule has 0 spiro atoms. The van der Waals surface area contributed by atoms with Gasteiger partial charge in [-0.25, -0.2) is 4.79 Å². The molecule has 2 aromatic carbocycles. The summed E-state index contributed by atoms with van der Waals surface area (Å²) in [6, 6.07) is 19.0. The number of esters is 2. The molecule has 1 aliphatic heterocycles. The molecule has 0 aromatic heterocycles.